The zero-order chi connectivity index (χ0) is 15.5. The topological polar surface area (TPSA) is 70.6 Å². The van der Waals surface area contributed by atoms with Crippen LogP contribution in [0.4, 0.5) is 5.69 Å². The maximum Gasteiger partial charge on any atom is 0.266 e. The highest BCUT2D eigenvalue weighted by molar-refractivity contribution is 7.90. The highest BCUT2D eigenvalue weighted by Crippen LogP contribution is 2.28. The van der Waals surface area contributed by atoms with Gasteiger partial charge in [-0.3, -0.25) is 4.99 Å². The molecule has 0 saturated heterocycles. The second kappa shape index (κ2) is 6.47. The molecule has 0 aromatic heterocycles. The number of benzene rings is 1. The van der Waals surface area contributed by atoms with Crippen LogP contribution < -0.4 is 10.0 Å². The Balaban J connectivity index is 2.25. The van der Waals surface area contributed by atoms with Crippen LogP contribution in [0.2, 0.25) is 0 Å². The second-order valence-electron chi connectivity index (χ2n) is 5.58. The van der Waals surface area contributed by atoms with E-state index in [2.05, 4.69) is 22.0 Å². The number of anilines is 1. The molecule has 0 bridgehead atoms. The highest BCUT2D eigenvalue weighted by atomic mass is 32.2. The van der Waals surface area contributed by atoms with Crippen molar-refractivity contribution in [1.29, 1.82) is 0 Å². The number of rotatable bonds is 5. The Morgan fingerprint density at radius 1 is 1.24 bits per heavy atom. The maximum atomic E-state index is 12.3. The molecule has 2 N–H and O–H groups in total. The number of hydrogen-bond donors (Lipinski definition) is 2. The first kappa shape index (κ1) is 15.8. The van der Waals surface area contributed by atoms with Crippen molar-refractivity contribution >= 4 is 21.7 Å². The summed E-state index contributed by atoms with van der Waals surface area (Å²) < 4.78 is 27.1. The molecule has 0 radical (unpaired) electrons. The zero-order valence-corrected chi connectivity index (χ0v) is 13.6. The van der Waals surface area contributed by atoms with Crippen LogP contribution in [0.15, 0.2) is 28.1 Å². The molecule has 1 aromatic rings. The standard InChI is InChI=1S/C15H23N3O2S/c1-4-5-6-9-16-15-17-13-8-7-12(11(2)3)10-14(13)21(19,20)18-15/h7-8,10-11H,4-6,9H2,1-3H3,(H2,16,17,18). The Hall–Kier alpha value is -1.56. The van der Waals surface area contributed by atoms with Gasteiger partial charge in [0.2, 0.25) is 5.96 Å². The van der Waals surface area contributed by atoms with E-state index in [1.54, 1.807) is 6.07 Å². The monoisotopic (exact) mass is 309 g/mol. The molecular weight excluding hydrogens is 286 g/mol. The van der Waals surface area contributed by atoms with E-state index in [1.165, 1.54) is 0 Å². The Labute approximate surface area is 126 Å². The quantitative estimate of drug-likeness (QED) is 0.821. The average molecular weight is 309 g/mol. The Kier molecular flexibility index (Phi) is 4.88. The second-order valence-corrected chi connectivity index (χ2v) is 7.23. The highest BCUT2D eigenvalue weighted by Gasteiger charge is 2.26. The molecule has 0 amide bonds. The summed E-state index contributed by atoms with van der Waals surface area (Å²) in [5, 5.41) is 3.06. The maximum absolute atomic E-state index is 12.3. The van der Waals surface area contributed by atoms with E-state index < -0.39 is 10.0 Å². The predicted molar refractivity (Wildman–Crippen MR) is 86.3 cm³/mol. The van der Waals surface area contributed by atoms with Gasteiger partial charge < -0.3 is 5.32 Å². The van der Waals surface area contributed by atoms with Crippen molar-refractivity contribution in [3.63, 3.8) is 0 Å². The third kappa shape index (κ3) is 3.75. The number of hydrogen-bond acceptors (Lipinski definition) is 3. The lowest BCUT2D eigenvalue weighted by molar-refractivity contribution is 0.591. The van der Waals surface area contributed by atoms with Crippen molar-refractivity contribution in [3.05, 3.63) is 23.8 Å². The van der Waals surface area contributed by atoms with E-state index in [-0.39, 0.29) is 5.92 Å². The van der Waals surface area contributed by atoms with Gasteiger partial charge in [-0.1, -0.05) is 39.7 Å². The van der Waals surface area contributed by atoms with Crippen LogP contribution in [0.5, 0.6) is 0 Å². The molecular formula is C15H23N3O2S. The smallest absolute Gasteiger partial charge is 0.266 e. The van der Waals surface area contributed by atoms with Gasteiger partial charge in [-0.15, -0.1) is 0 Å². The molecule has 0 unspecified atom stereocenters. The summed E-state index contributed by atoms with van der Waals surface area (Å²) in [6.07, 6.45) is 3.17. The summed E-state index contributed by atoms with van der Waals surface area (Å²) in [4.78, 5) is 4.58. The number of fused-ring (bicyclic) bond motifs is 1. The zero-order valence-electron chi connectivity index (χ0n) is 12.8. The van der Waals surface area contributed by atoms with Crippen molar-refractivity contribution in [2.24, 2.45) is 4.99 Å². The molecule has 2 rings (SSSR count). The third-order valence-electron chi connectivity index (χ3n) is 3.48. The van der Waals surface area contributed by atoms with Gasteiger partial charge in [0.1, 0.15) is 4.90 Å². The summed E-state index contributed by atoms with van der Waals surface area (Å²) in [6, 6.07) is 5.49. The minimum atomic E-state index is -3.53. The van der Waals surface area contributed by atoms with Gasteiger partial charge in [0.25, 0.3) is 10.0 Å². The lowest BCUT2D eigenvalue weighted by Gasteiger charge is -2.22. The lowest BCUT2D eigenvalue weighted by atomic mass is 10.0. The van der Waals surface area contributed by atoms with Crippen molar-refractivity contribution < 1.29 is 8.42 Å². The molecule has 1 aliphatic rings. The molecule has 1 aromatic carbocycles. The van der Waals surface area contributed by atoms with Crippen LogP contribution >= 0.6 is 0 Å². The van der Waals surface area contributed by atoms with Crippen LogP contribution in [0.25, 0.3) is 0 Å². The summed E-state index contributed by atoms with van der Waals surface area (Å²) in [6.45, 7) is 6.83. The summed E-state index contributed by atoms with van der Waals surface area (Å²) in [5.41, 5.74) is 1.59. The average Bonchev–Trinajstić information content (AvgIpc) is 2.42. The number of guanidine groups is 1. The number of unbranched alkanes of at least 4 members (excludes halogenated alkanes) is 2. The molecule has 6 heteroatoms. The number of nitrogens with zero attached hydrogens (tertiary/aromatic N) is 1. The molecule has 0 spiro atoms. The normalized spacial score (nSPS) is 18.2. The van der Waals surface area contributed by atoms with E-state index >= 15 is 0 Å². The van der Waals surface area contributed by atoms with Crippen molar-refractivity contribution in [1.82, 2.24) is 4.72 Å². The fourth-order valence-corrected chi connectivity index (χ4v) is 3.36. The number of aliphatic imine (C=N–C) groups is 1. The third-order valence-corrected chi connectivity index (χ3v) is 4.86. The van der Waals surface area contributed by atoms with Crippen LogP contribution in [0, 0.1) is 0 Å². The number of nitrogens with one attached hydrogen (secondary N) is 2. The van der Waals surface area contributed by atoms with Gasteiger partial charge in [0.05, 0.1) is 5.69 Å². The minimum absolute atomic E-state index is 0.287. The SMILES string of the molecule is CCCCCN=C1Nc2ccc(C(C)C)cc2S(=O)(=O)N1. The van der Waals surface area contributed by atoms with Gasteiger partial charge in [-0.05, 0) is 30.0 Å². The number of sulfonamides is 1. The molecule has 1 heterocycles. The molecule has 1 aliphatic heterocycles. The van der Waals surface area contributed by atoms with E-state index in [1.807, 2.05) is 26.0 Å². The molecule has 0 aliphatic carbocycles. The molecule has 5 nitrogen and oxygen atoms in total. The summed E-state index contributed by atoms with van der Waals surface area (Å²) in [5.74, 6) is 0.602. The van der Waals surface area contributed by atoms with Crippen LogP contribution in [0.3, 0.4) is 0 Å². The molecule has 116 valence electrons. The van der Waals surface area contributed by atoms with E-state index in [9.17, 15) is 8.42 Å². The first-order valence-electron chi connectivity index (χ1n) is 7.42. The van der Waals surface area contributed by atoms with Crippen molar-refractivity contribution in [3.8, 4) is 0 Å². The Morgan fingerprint density at radius 2 is 2.00 bits per heavy atom. The van der Waals surface area contributed by atoms with Gasteiger partial charge in [0.15, 0.2) is 0 Å². The van der Waals surface area contributed by atoms with E-state index in [0.717, 1.165) is 24.8 Å². The first-order valence-corrected chi connectivity index (χ1v) is 8.90. The predicted octanol–water partition coefficient (Wildman–Crippen LogP) is 3.06. The van der Waals surface area contributed by atoms with Gasteiger partial charge >= 0.3 is 0 Å². The molecule has 21 heavy (non-hydrogen) atoms. The molecule has 0 atom stereocenters. The summed E-state index contributed by atoms with van der Waals surface area (Å²) in [7, 11) is -3.53. The van der Waals surface area contributed by atoms with Crippen LogP contribution in [-0.4, -0.2) is 20.9 Å². The van der Waals surface area contributed by atoms with Crippen molar-refractivity contribution in [2.45, 2.75) is 50.8 Å². The minimum Gasteiger partial charge on any atom is -0.324 e. The largest absolute Gasteiger partial charge is 0.324 e. The van der Waals surface area contributed by atoms with E-state index in [4.69, 9.17) is 0 Å². The van der Waals surface area contributed by atoms with Gasteiger partial charge in [0, 0.05) is 6.54 Å². The van der Waals surface area contributed by atoms with Crippen LogP contribution in [0.1, 0.15) is 51.5 Å². The van der Waals surface area contributed by atoms with Crippen LogP contribution in [-0.2, 0) is 10.0 Å². The van der Waals surface area contributed by atoms with E-state index in [0.29, 0.717) is 23.1 Å². The fourth-order valence-electron chi connectivity index (χ4n) is 2.18. The molecule has 0 saturated carbocycles. The van der Waals surface area contributed by atoms with Crippen molar-refractivity contribution in [2.75, 3.05) is 11.9 Å². The van der Waals surface area contributed by atoms with Gasteiger partial charge in [-0.25, -0.2) is 13.1 Å². The van der Waals surface area contributed by atoms with Gasteiger partial charge in [-0.2, -0.15) is 0 Å². The first-order chi connectivity index (χ1) is 9.94. The summed E-state index contributed by atoms with van der Waals surface area (Å²) >= 11 is 0. The Morgan fingerprint density at radius 3 is 2.67 bits per heavy atom. The Bertz CT molecular complexity index is 636. The molecule has 0 fully saturated rings. The fraction of sp³-hybridized carbons (Fsp3) is 0.533. The lowest BCUT2D eigenvalue weighted by Crippen LogP contribution is -2.40.